The van der Waals surface area contributed by atoms with Crippen molar-refractivity contribution in [1.82, 2.24) is 0 Å². The van der Waals surface area contributed by atoms with Gasteiger partial charge in [0.25, 0.3) is 0 Å². The Morgan fingerprint density at radius 1 is 1.41 bits per heavy atom. The zero-order chi connectivity index (χ0) is 13.1. The maximum absolute atomic E-state index is 11.1. The summed E-state index contributed by atoms with van der Waals surface area (Å²) in [5.74, 6) is 7.89. The van der Waals surface area contributed by atoms with Crippen LogP contribution in [-0.2, 0) is 4.79 Å². The Morgan fingerprint density at radius 3 is 2.65 bits per heavy atom. The van der Waals surface area contributed by atoms with Gasteiger partial charge in [-0.15, -0.1) is 6.42 Å². The molecule has 2 nitrogen and oxygen atoms in total. The van der Waals surface area contributed by atoms with Gasteiger partial charge < -0.3 is 5.73 Å². The molecule has 0 rings (SSSR count). The number of carbonyl (C=O) groups is 1. The molecule has 0 saturated carbocycles. The Bertz CT molecular complexity index is 361. The van der Waals surface area contributed by atoms with Crippen molar-refractivity contribution >= 4 is 5.91 Å². The molecule has 0 aromatic rings. The largest absolute Gasteiger partial charge is 0.366 e. The van der Waals surface area contributed by atoms with E-state index in [9.17, 15) is 4.79 Å². The molecule has 0 heterocycles. The molecule has 0 aromatic heterocycles. The van der Waals surface area contributed by atoms with E-state index >= 15 is 0 Å². The fourth-order valence-corrected chi connectivity index (χ4v) is 1.47. The second-order valence-electron chi connectivity index (χ2n) is 4.38. The normalized spacial score (nSPS) is 10.6. The predicted octanol–water partition coefficient (Wildman–Crippen LogP) is 2.64. The number of hydrogen-bond donors (Lipinski definition) is 1. The summed E-state index contributed by atoms with van der Waals surface area (Å²) in [5.41, 5.74) is 6.06. The second-order valence-corrected chi connectivity index (χ2v) is 4.38. The van der Waals surface area contributed by atoms with Crippen LogP contribution in [0.1, 0.15) is 46.0 Å². The van der Waals surface area contributed by atoms with Crippen molar-refractivity contribution in [3.8, 4) is 24.2 Å². The fourth-order valence-electron chi connectivity index (χ4n) is 1.47. The number of allylic oxidation sites excluding steroid dienone is 1. The highest BCUT2D eigenvalue weighted by Crippen LogP contribution is 2.12. The van der Waals surface area contributed by atoms with E-state index < -0.39 is 0 Å². The van der Waals surface area contributed by atoms with Gasteiger partial charge in [-0.2, -0.15) is 0 Å². The van der Waals surface area contributed by atoms with E-state index in [4.69, 9.17) is 12.2 Å². The number of terminal acetylenes is 1. The zero-order valence-electron chi connectivity index (χ0n) is 10.8. The van der Waals surface area contributed by atoms with E-state index in [0.717, 1.165) is 37.7 Å². The lowest BCUT2D eigenvalue weighted by Crippen LogP contribution is -2.15. The molecule has 0 aromatic carbocycles. The van der Waals surface area contributed by atoms with Crippen molar-refractivity contribution in [2.45, 2.75) is 46.0 Å². The lowest BCUT2D eigenvalue weighted by atomic mass is 10.0. The lowest BCUT2D eigenvalue weighted by Gasteiger charge is -2.06. The van der Waals surface area contributed by atoms with E-state index in [1.165, 1.54) is 0 Å². The van der Waals surface area contributed by atoms with Crippen LogP contribution >= 0.6 is 0 Å². The molecular formula is C15H21NO. The Hall–Kier alpha value is -1.67. The summed E-state index contributed by atoms with van der Waals surface area (Å²) in [6.07, 6.45) is 11.4. The van der Waals surface area contributed by atoms with Crippen LogP contribution in [0.25, 0.3) is 0 Å². The molecule has 0 fully saturated rings. The fraction of sp³-hybridized carbons (Fsp3) is 0.533. The highest BCUT2D eigenvalue weighted by atomic mass is 16.1. The first-order chi connectivity index (χ1) is 8.07. The lowest BCUT2D eigenvalue weighted by molar-refractivity contribution is -0.114. The smallest absolute Gasteiger partial charge is 0.244 e. The molecule has 92 valence electrons. The predicted molar refractivity (Wildman–Crippen MR) is 71.8 cm³/mol. The van der Waals surface area contributed by atoms with E-state index in [1.54, 1.807) is 0 Å². The molecule has 0 aliphatic rings. The van der Waals surface area contributed by atoms with Crippen LogP contribution in [0.3, 0.4) is 0 Å². The average Bonchev–Trinajstić information content (AvgIpc) is 2.25. The second kappa shape index (κ2) is 9.55. The van der Waals surface area contributed by atoms with Crippen LogP contribution in [0, 0.1) is 30.1 Å². The molecule has 0 bridgehead atoms. The molecule has 0 aliphatic heterocycles. The molecule has 0 saturated heterocycles. The van der Waals surface area contributed by atoms with Crippen LogP contribution in [0.15, 0.2) is 11.6 Å². The highest BCUT2D eigenvalue weighted by molar-refractivity contribution is 5.91. The van der Waals surface area contributed by atoms with Crippen molar-refractivity contribution in [2.75, 3.05) is 0 Å². The molecule has 2 heteroatoms. The van der Waals surface area contributed by atoms with Gasteiger partial charge in [0.1, 0.15) is 0 Å². The molecular weight excluding hydrogens is 210 g/mol. The van der Waals surface area contributed by atoms with Crippen LogP contribution in [-0.4, -0.2) is 5.91 Å². The van der Waals surface area contributed by atoms with Gasteiger partial charge in [-0.1, -0.05) is 25.8 Å². The minimum absolute atomic E-state index is 0.300. The van der Waals surface area contributed by atoms with E-state index in [-0.39, 0.29) is 5.91 Å². The van der Waals surface area contributed by atoms with Gasteiger partial charge >= 0.3 is 0 Å². The van der Waals surface area contributed by atoms with Gasteiger partial charge in [0.2, 0.25) is 5.91 Å². The van der Waals surface area contributed by atoms with Crippen molar-refractivity contribution < 1.29 is 4.79 Å². The van der Waals surface area contributed by atoms with Gasteiger partial charge in [0, 0.05) is 12.0 Å². The van der Waals surface area contributed by atoms with Gasteiger partial charge in [-0.3, -0.25) is 4.79 Å². The number of nitrogens with two attached hydrogens (primary N) is 1. The molecule has 0 aliphatic carbocycles. The Kier molecular flexibility index (Phi) is 8.61. The number of unbranched alkanes of at least 4 members (excludes halogenated alkanes) is 3. The van der Waals surface area contributed by atoms with Crippen LogP contribution in [0.2, 0.25) is 0 Å². The Labute approximate surface area is 105 Å². The summed E-state index contributed by atoms with van der Waals surface area (Å²) in [6, 6.07) is 0. The summed E-state index contributed by atoms with van der Waals surface area (Å²) in [5, 5.41) is 0. The van der Waals surface area contributed by atoms with Crippen LogP contribution in [0.4, 0.5) is 0 Å². The van der Waals surface area contributed by atoms with Gasteiger partial charge in [0.15, 0.2) is 0 Å². The molecule has 17 heavy (non-hydrogen) atoms. The standard InChI is InChI=1S/C15H21NO/c1-4-5-6-7-8-9-10-11-14(15(16)17)12-13(2)3/h1,11,13H,7-10,12H2,2-3H3,(H2,16,17). The molecule has 0 radical (unpaired) electrons. The number of primary amides is 1. The minimum Gasteiger partial charge on any atom is -0.366 e. The topological polar surface area (TPSA) is 43.1 Å². The number of rotatable bonds is 7. The molecule has 0 spiro atoms. The third kappa shape index (κ3) is 9.27. The summed E-state index contributed by atoms with van der Waals surface area (Å²) < 4.78 is 0. The molecule has 1 amide bonds. The molecule has 2 N–H and O–H groups in total. The quantitative estimate of drug-likeness (QED) is 0.408. The average molecular weight is 231 g/mol. The maximum atomic E-state index is 11.1. The third-order valence-corrected chi connectivity index (χ3v) is 2.25. The Morgan fingerprint density at radius 2 is 2.12 bits per heavy atom. The van der Waals surface area contributed by atoms with Gasteiger partial charge in [-0.25, -0.2) is 0 Å². The molecule has 0 atom stereocenters. The van der Waals surface area contributed by atoms with Gasteiger partial charge in [-0.05, 0) is 43.4 Å². The monoisotopic (exact) mass is 231 g/mol. The van der Waals surface area contributed by atoms with Gasteiger partial charge in [0.05, 0.1) is 0 Å². The summed E-state index contributed by atoms with van der Waals surface area (Å²) in [4.78, 5) is 11.1. The first-order valence-electron chi connectivity index (χ1n) is 6.00. The summed E-state index contributed by atoms with van der Waals surface area (Å²) >= 11 is 0. The van der Waals surface area contributed by atoms with Crippen LogP contribution < -0.4 is 5.73 Å². The summed E-state index contributed by atoms with van der Waals surface area (Å²) in [6.45, 7) is 4.15. The first-order valence-corrected chi connectivity index (χ1v) is 6.00. The summed E-state index contributed by atoms with van der Waals surface area (Å²) in [7, 11) is 0. The van der Waals surface area contributed by atoms with Crippen molar-refractivity contribution in [3.63, 3.8) is 0 Å². The van der Waals surface area contributed by atoms with E-state index in [2.05, 4.69) is 31.6 Å². The van der Waals surface area contributed by atoms with Crippen molar-refractivity contribution in [2.24, 2.45) is 11.7 Å². The Balaban J connectivity index is 3.94. The molecule has 0 unspecified atom stereocenters. The number of carbonyl (C=O) groups excluding carboxylic acids is 1. The SMILES string of the molecule is C#CC#CCCCCC=C(CC(C)C)C(N)=O. The van der Waals surface area contributed by atoms with Crippen molar-refractivity contribution in [1.29, 1.82) is 0 Å². The maximum Gasteiger partial charge on any atom is 0.244 e. The van der Waals surface area contributed by atoms with E-state index in [0.29, 0.717) is 5.92 Å². The third-order valence-electron chi connectivity index (χ3n) is 2.25. The van der Waals surface area contributed by atoms with Crippen molar-refractivity contribution in [3.05, 3.63) is 11.6 Å². The van der Waals surface area contributed by atoms with Crippen LogP contribution in [0.5, 0.6) is 0 Å². The highest BCUT2D eigenvalue weighted by Gasteiger charge is 2.06. The zero-order valence-corrected chi connectivity index (χ0v) is 10.8. The number of amides is 1. The minimum atomic E-state index is -0.300. The van der Waals surface area contributed by atoms with E-state index in [1.807, 2.05) is 6.08 Å². The first kappa shape index (κ1) is 15.3. The number of hydrogen-bond acceptors (Lipinski definition) is 1.